The summed E-state index contributed by atoms with van der Waals surface area (Å²) in [6.07, 6.45) is 3.26. The van der Waals surface area contributed by atoms with Gasteiger partial charge in [0, 0.05) is 5.92 Å². The monoisotopic (exact) mass is 389 g/mol. The van der Waals surface area contributed by atoms with Crippen molar-refractivity contribution >= 4 is 22.9 Å². The molecular weight excluding hydrogens is 371 g/mol. The van der Waals surface area contributed by atoms with Crippen LogP contribution in [-0.4, -0.2) is 15.5 Å². The van der Waals surface area contributed by atoms with Crippen LogP contribution in [0.5, 0.6) is 0 Å². The van der Waals surface area contributed by atoms with Crippen molar-refractivity contribution in [2.24, 2.45) is 5.92 Å². The van der Waals surface area contributed by atoms with Crippen LogP contribution in [0.25, 0.3) is 11.0 Å². The van der Waals surface area contributed by atoms with Gasteiger partial charge in [0.2, 0.25) is 11.9 Å². The summed E-state index contributed by atoms with van der Waals surface area (Å²) < 4.78 is 46.2. The third-order valence-corrected chi connectivity index (χ3v) is 4.84. The molecule has 0 saturated heterocycles. The molecule has 0 fully saturated rings. The Bertz CT molecular complexity index is 1020. The first-order valence-corrected chi connectivity index (χ1v) is 8.97. The molecule has 0 bridgehead atoms. The second kappa shape index (κ2) is 7.18. The Kier molecular flexibility index (Phi) is 4.70. The fourth-order valence-corrected chi connectivity index (χ4v) is 3.36. The highest BCUT2D eigenvalue weighted by Gasteiger charge is 2.31. The minimum Gasteiger partial charge on any atom is -0.467 e. The van der Waals surface area contributed by atoms with E-state index in [1.807, 2.05) is 12.2 Å². The Morgan fingerprint density at radius 2 is 2.14 bits per heavy atom. The van der Waals surface area contributed by atoms with Crippen molar-refractivity contribution in [2.75, 3.05) is 5.32 Å². The number of fused-ring (bicyclic) bond motifs is 1. The minimum atomic E-state index is -4.46. The van der Waals surface area contributed by atoms with Crippen molar-refractivity contribution in [3.05, 3.63) is 60.1 Å². The van der Waals surface area contributed by atoms with Crippen molar-refractivity contribution < 1.29 is 22.4 Å². The Hall–Kier alpha value is -3.03. The van der Waals surface area contributed by atoms with Gasteiger partial charge in [-0.25, -0.2) is 4.98 Å². The van der Waals surface area contributed by atoms with Gasteiger partial charge in [0.05, 0.1) is 29.4 Å². The van der Waals surface area contributed by atoms with Crippen molar-refractivity contribution in [3.8, 4) is 0 Å². The molecule has 1 aromatic carbocycles. The maximum atomic E-state index is 13.1. The molecule has 0 aliphatic heterocycles. The van der Waals surface area contributed by atoms with E-state index in [9.17, 15) is 18.0 Å². The van der Waals surface area contributed by atoms with Crippen LogP contribution in [0.4, 0.5) is 19.1 Å². The second-order valence-electron chi connectivity index (χ2n) is 6.77. The van der Waals surface area contributed by atoms with E-state index < -0.39 is 11.7 Å². The first-order chi connectivity index (χ1) is 13.4. The van der Waals surface area contributed by atoms with Gasteiger partial charge < -0.3 is 8.98 Å². The van der Waals surface area contributed by atoms with E-state index in [1.54, 1.807) is 16.7 Å². The average Bonchev–Trinajstić information content (AvgIpc) is 3.30. The number of carbonyl (C=O) groups excluding carboxylic acids is 1. The molecule has 146 valence electrons. The van der Waals surface area contributed by atoms with E-state index in [-0.39, 0.29) is 29.8 Å². The zero-order chi connectivity index (χ0) is 19.7. The Morgan fingerprint density at radius 3 is 2.82 bits per heavy atom. The second-order valence-corrected chi connectivity index (χ2v) is 6.77. The number of hydrogen-bond donors (Lipinski definition) is 1. The van der Waals surface area contributed by atoms with Gasteiger partial charge in [-0.05, 0) is 49.6 Å². The van der Waals surface area contributed by atoms with E-state index in [0.717, 1.165) is 25.0 Å². The molecule has 0 radical (unpaired) electrons. The van der Waals surface area contributed by atoms with Crippen LogP contribution in [0, 0.1) is 5.92 Å². The SMILES string of the molecule is O=C(Nc1nc2cc(C(F)(F)F)ccc2n1Cc1ccco1)C1CC=CCC1. The molecular formula is C20H18F3N3O2. The molecule has 1 aliphatic rings. The summed E-state index contributed by atoms with van der Waals surface area (Å²) in [5.41, 5.74) is -0.124. The number of nitrogens with one attached hydrogen (secondary N) is 1. The number of anilines is 1. The standard InChI is InChI=1S/C20H18F3N3O2/c21-20(22,23)14-8-9-17-16(11-14)24-19(26(17)12-15-7-4-10-28-15)25-18(27)13-5-2-1-3-6-13/h1-2,4,7-11,13H,3,5-6,12H2,(H,24,25,27). The normalized spacial score (nSPS) is 17.2. The number of amides is 1. The number of rotatable bonds is 4. The summed E-state index contributed by atoms with van der Waals surface area (Å²) >= 11 is 0. The van der Waals surface area contributed by atoms with Gasteiger partial charge >= 0.3 is 6.18 Å². The summed E-state index contributed by atoms with van der Waals surface area (Å²) in [6.45, 7) is 0.245. The molecule has 0 spiro atoms. The maximum absolute atomic E-state index is 13.1. The lowest BCUT2D eigenvalue weighted by molar-refractivity contribution is -0.137. The number of benzene rings is 1. The predicted molar refractivity (Wildman–Crippen MR) is 97.7 cm³/mol. The molecule has 2 aromatic heterocycles. The maximum Gasteiger partial charge on any atom is 0.416 e. The molecule has 3 aromatic rings. The smallest absolute Gasteiger partial charge is 0.416 e. The van der Waals surface area contributed by atoms with Crippen molar-refractivity contribution in [3.63, 3.8) is 0 Å². The molecule has 0 saturated carbocycles. The molecule has 28 heavy (non-hydrogen) atoms. The first-order valence-electron chi connectivity index (χ1n) is 8.97. The minimum absolute atomic E-state index is 0.167. The lowest BCUT2D eigenvalue weighted by Gasteiger charge is -2.17. The predicted octanol–water partition coefficient (Wildman–Crippen LogP) is 4.99. The summed E-state index contributed by atoms with van der Waals surface area (Å²) in [7, 11) is 0. The summed E-state index contributed by atoms with van der Waals surface area (Å²) in [6, 6.07) is 6.86. The van der Waals surface area contributed by atoms with E-state index in [2.05, 4.69) is 10.3 Å². The molecule has 1 N–H and O–H groups in total. The van der Waals surface area contributed by atoms with Gasteiger partial charge in [-0.1, -0.05) is 12.2 Å². The molecule has 2 heterocycles. The van der Waals surface area contributed by atoms with Gasteiger partial charge in [-0.3, -0.25) is 10.1 Å². The topological polar surface area (TPSA) is 60.1 Å². The zero-order valence-electron chi connectivity index (χ0n) is 14.9. The number of alkyl halides is 3. The van der Waals surface area contributed by atoms with Crippen LogP contribution in [0.3, 0.4) is 0 Å². The number of aromatic nitrogens is 2. The van der Waals surface area contributed by atoms with Crippen molar-refractivity contribution in [1.82, 2.24) is 9.55 Å². The van der Waals surface area contributed by atoms with Crippen molar-refractivity contribution in [1.29, 1.82) is 0 Å². The average molecular weight is 389 g/mol. The molecule has 5 nitrogen and oxygen atoms in total. The number of furan rings is 1. The summed E-state index contributed by atoms with van der Waals surface area (Å²) in [4.78, 5) is 16.9. The molecule has 1 aliphatic carbocycles. The fourth-order valence-electron chi connectivity index (χ4n) is 3.36. The molecule has 1 unspecified atom stereocenters. The molecule has 1 atom stereocenters. The largest absolute Gasteiger partial charge is 0.467 e. The quantitative estimate of drug-likeness (QED) is 0.640. The van der Waals surface area contributed by atoms with E-state index in [4.69, 9.17) is 4.42 Å². The third kappa shape index (κ3) is 3.67. The highest BCUT2D eigenvalue weighted by molar-refractivity contribution is 5.93. The molecule has 4 rings (SSSR count). The van der Waals surface area contributed by atoms with Crippen LogP contribution in [0.1, 0.15) is 30.6 Å². The van der Waals surface area contributed by atoms with Crippen molar-refractivity contribution in [2.45, 2.75) is 32.0 Å². The lowest BCUT2D eigenvalue weighted by Crippen LogP contribution is -2.25. The summed E-state index contributed by atoms with van der Waals surface area (Å²) in [5, 5.41) is 2.80. The van der Waals surface area contributed by atoms with Crippen LogP contribution in [0.15, 0.2) is 53.2 Å². The third-order valence-electron chi connectivity index (χ3n) is 4.84. The highest BCUT2D eigenvalue weighted by Crippen LogP contribution is 2.32. The van der Waals surface area contributed by atoms with Gasteiger partial charge in [0.25, 0.3) is 0 Å². The molecule has 1 amide bonds. The Labute approximate surface area is 158 Å². The van der Waals surface area contributed by atoms with Gasteiger partial charge in [-0.2, -0.15) is 13.2 Å². The number of carbonyl (C=O) groups is 1. The Morgan fingerprint density at radius 1 is 1.29 bits per heavy atom. The fraction of sp³-hybridized carbons (Fsp3) is 0.300. The van der Waals surface area contributed by atoms with Crippen LogP contribution >= 0.6 is 0 Å². The highest BCUT2D eigenvalue weighted by atomic mass is 19.4. The first kappa shape index (κ1) is 18.3. The van der Waals surface area contributed by atoms with Crippen LogP contribution < -0.4 is 5.32 Å². The van der Waals surface area contributed by atoms with Gasteiger partial charge in [-0.15, -0.1) is 0 Å². The van der Waals surface area contributed by atoms with E-state index in [1.165, 1.54) is 12.3 Å². The number of hydrogen-bond acceptors (Lipinski definition) is 3. The van der Waals surface area contributed by atoms with E-state index >= 15 is 0 Å². The number of halogens is 3. The number of imidazole rings is 1. The Balaban J connectivity index is 1.72. The number of allylic oxidation sites excluding steroid dienone is 2. The lowest BCUT2D eigenvalue weighted by atomic mass is 9.94. The summed E-state index contributed by atoms with van der Waals surface area (Å²) in [5.74, 6) is 0.463. The van der Waals surface area contributed by atoms with E-state index in [0.29, 0.717) is 17.7 Å². The molecule has 8 heteroatoms. The zero-order valence-corrected chi connectivity index (χ0v) is 14.9. The van der Waals surface area contributed by atoms with Gasteiger partial charge in [0.15, 0.2) is 0 Å². The van der Waals surface area contributed by atoms with Crippen LogP contribution in [0.2, 0.25) is 0 Å². The number of nitrogens with zero attached hydrogens (tertiary/aromatic N) is 2. The van der Waals surface area contributed by atoms with Crippen LogP contribution in [-0.2, 0) is 17.5 Å². The van der Waals surface area contributed by atoms with Gasteiger partial charge in [0.1, 0.15) is 5.76 Å².